The molecule has 90 valence electrons. The van der Waals surface area contributed by atoms with Crippen molar-refractivity contribution in [1.82, 2.24) is 0 Å². The maximum atomic E-state index is 5.78. The molecule has 0 aliphatic rings. The van der Waals surface area contributed by atoms with Gasteiger partial charge in [0.1, 0.15) is 0 Å². The summed E-state index contributed by atoms with van der Waals surface area (Å²) in [7, 11) is -2.46. The van der Waals surface area contributed by atoms with E-state index in [2.05, 4.69) is 20.4 Å². The number of rotatable bonds is 10. The van der Waals surface area contributed by atoms with Gasteiger partial charge in [-0.3, -0.25) is 0 Å². The van der Waals surface area contributed by atoms with Gasteiger partial charge >= 0.3 is 8.80 Å². The average Bonchev–Trinajstić information content (AvgIpc) is 2.24. The van der Waals surface area contributed by atoms with E-state index < -0.39 is 8.80 Å². The lowest BCUT2D eigenvalue weighted by molar-refractivity contribution is 0.0659. The summed E-state index contributed by atoms with van der Waals surface area (Å²) in [6.45, 7) is 11.9. The average molecular weight is 232 g/mol. The lowest BCUT2D eigenvalue weighted by atomic mass is 10.5. The normalized spacial score (nSPS) is 11.7. The Kier molecular flexibility index (Phi) is 8.99. The smallest absolute Gasteiger partial charge is 0.374 e. The highest BCUT2D eigenvalue weighted by Gasteiger charge is 2.39. The zero-order chi connectivity index (χ0) is 11.6. The van der Waals surface area contributed by atoms with E-state index in [1.165, 1.54) is 0 Å². The van der Waals surface area contributed by atoms with Crippen molar-refractivity contribution in [3.63, 3.8) is 0 Å². The van der Waals surface area contributed by atoms with E-state index in [-0.39, 0.29) is 0 Å². The fraction of sp³-hybridized carbons (Fsp3) is 0.818. The van der Waals surface area contributed by atoms with Crippen LogP contribution in [-0.2, 0) is 13.3 Å². The summed E-state index contributed by atoms with van der Waals surface area (Å²) in [5.74, 6) is 0. The summed E-state index contributed by atoms with van der Waals surface area (Å²) in [5.41, 5.74) is 0. The molecule has 0 saturated carbocycles. The molecule has 0 heterocycles. The Bertz CT molecular complexity index is 154. The zero-order valence-corrected chi connectivity index (χ0v) is 11.3. The molecule has 0 bridgehead atoms. The molecule has 0 unspecified atom stereocenters. The molecule has 0 aromatic rings. The molecule has 3 nitrogen and oxygen atoms in total. The highest BCUT2D eigenvalue weighted by molar-refractivity contribution is 6.61. The SMILES string of the molecule is C=CC[Si](OCC)(OCCC)OCCC. The fourth-order valence-corrected chi connectivity index (χ4v) is 3.64. The van der Waals surface area contributed by atoms with E-state index in [1.807, 2.05) is 13.0 Å². The van der Waals surface area contributed by atoms with Crippen LogP contribution in [0.5, 0.6) is 0 Å². The molecule has 4 heteroatoms. The molecule has 0 atom stereocenters. The topological polar surface area (TPSA) is 27.7 Å². The van der Waals surface area contributed by atoms with Crippen LogP contribution in [0.1, 0.15) is 33.6 Å². The number of allylic oxidation sites excluding steroid dienone is 1. The first kappa shape index (κ1) is 14.8. The van der Waals surface area contributed by atoms with Gasteiger partial charge in [0.15, 0.2) is 0 Å². The van der Waals surface area contributed by atoms with Gasteiger partial charge in [-0.25, -0.2) is 0 Å². The van der Waals surface area contributed by atoms with E-state index in [9.17, 15) is 0 Å². The largest absolute Gasteiger partial charge is 0.504 e. The summed E-state index contributed by atoms with van der Waals surface area (Å²) in [6.07, 6.45) is 3.79. The summed E-state index contributed by atoms with van der Waals surface area (Å²) in [4.78, 5) is 0. The van der Waals surface area contributed by atoms with Crippen LogP contribution in [0.3, 0.4) is 0 Å². The first-order chi connectivity index (χ1) is 7.24. The Labute approximate surface area is 94.8 Å². The zero-order valence-electron chi connectivity index (χ0n) is 10.3. The molecular weight excluding hydrogens is 208 g/mol. The van der Waals surface area contributed by atoms with Crippen molar-refractivity contribution in [2.45, 2.75) is 39.7 Å². The van der Waals surface area contributed by atoms with Crippen LogP contribution in [0, 0.1) is 0 Å². The Morgan fingerprint density at radius 1 is 1.00 bits per heavy atom. The van der Waals surface area contributed by atoms with Crippen molar-refractivity contribution < 1.29 is 13.3 Å². The lowest BCUT2D eigenvalue weighted by Crippen LogP contribution is -2.45. The van der Waals surface area contributed by atoms with Gasteiger partial charge in [-0.1, -0.05) is 19.9 Å². The monoisotopic (exact) mass is 232 g/mol. The van der Waals surface area contributed by atoms with Crippen LogP contribution in [0.25, 0.3) is 0 Å². The third-order valence-electron chi connectivity index (χ3n) is 1.81. The molecule has 15 heavy (non-hydrogen) atoms. The van der Waals surface area contributed by atoms with Gasteiger partial charge in [-0.05, 0) is 19.8 Å². The van der Waals surface area contributed by atoms with E-state index in [0.717, 1.165) is 12.8 Å². The summed E-state index contributed by atoms with van der Waals surface area (Å²) >= 11 is 0. The molecule has 0 N–H and O–H groups in total. The van der Waals surface area contributed by atoms with Gasteiger partial charge in [0, 0.05) is 25.9 Å². The number of hydrogen-bond acceptors (Lipinski definition) is 3. The molecule has 0 fully saturated rings. The quantitative estimate of drug-likeness (QED) is 0.428. The molecule has 0 amide bonds. The van der Waals surface area contributed by atoms with E-state index in [1.54, 1.807) is 0 Å². The summed E-state index contributed by atoms with van der Waals surface area (Å²) in [5, 5.41) is 0. The maximum absolute atomic E-state index is 5.78. The predicted molar refractivity (Wildman–Crippen MR) is 64.9 cm³/mol. The van der Waals surface area contributed by atoms with E-state index in [4.69, 9.17) is 13.3 Å². The summed E-state index contributed by atoms with van der Waals surface area (Å²) < 4.78 is 17.3. The standard InChI is InChI=1S/C11H24O3Si/c1-5-9-13-15(11-7-3,12-8-4)14-10-6-2/h7H,3,5-6,8-11H2,1-2,4H3. The van der Waals surface area contributed by atoms with Crippen LogP contribution in [0.2, 0.25) is 6.04 Å². The second-order valence-electron chi connectivity index (χ2n) is 3.31. The second kappa shape index (κ2) is 9.09. The van der Waals surface area contributed by atoms with Crippen molar-refractivity contribution in [2.75, 3.05) is 19.8 Å². The maximum Gasteiger partial charge on any atom is 0.504 e. The van der Waals surface area contributed by atoms with Crippen LogP contribution in [0.15, 0.2) is 12.7 Å². The van der Waals surface area contributed by atoms with Crippen molar-refractivity contribution in [3.8, 4) is 0 Å². The molecule has 0 aromatic carbocycles. The fourth-order valence-electron chi connectivity index (χ4n) is 1.21. The highest BCUT2D eigenvalue weighted by atomic mass is 28.4. The number of hydrogen-bond donors (Lipinski definition) is 0. The molecule has 0 aromatic heterocycles. The Balaban J connectivity index is 4.32. The van der Waals surface area contributed by atoms with Crippen molar-refractivity contribution in [1.29, 1.82) is 0 Å². The highest BCUT2D eigenvalue weighted by Crippen LogP contribution is 2.17. The van der Waals surface area contributed by atoms with Crippen molar-refractivity contribution in [2.24, 2.45) is 0 Å². The minimum absolute atomic E-state index is 0.632. The third kappa shape index (κ3) is 6.09. The minimum Gasteiger partial charge on any atom is -0.374 e. The van der Waals surface area contributed by atoms with E-state index in [0.29, 0.717) is 25.9 Å². The van der Waals surface area contributed by atoms with Crippen molar-refractivity contribution in [3.05, 3.63) is 12.7 Å². The third-order valence-corrected chi connectivity index (χ3v) is 4.62. The molecule has 0 spiro atoms. The molecule has 0 aliphatic heterocycles. The molecule has 0 rings (SSSR count). The Morgan fingerprint density at radius 3 is 1.87 bits per heavy atom. The molecule has 0 aliphatic carbocycles. The molecule has 0 saturated heterocycles. The van der Waals surface area contributed by atoms with Crippen molar-refractivity contribution >= 4 is 8.80 Å². The predicted octanol–water partition coefficient (Wildman–Crippen LogP) is 3.00. The first-order valence-corrected chi connectivity index (χ1v) is 7.70. The molecular formula is C11H24O3Si. The summed E-state index contributed by atoms with van der Waals surface area (Å²) in [6, 6.07) is 0.695. The van der Waals surface area contributed by atoms with Crippen LogP contribution < -0.4 is 0 Å². The molecule has 0 radical (unpaired) electrons. The van der Waals surface area contributed by atoms with Crippen LogP contribution in [0.4, 0.5) is 0 Å². The van der Waals surface area contributed by atoms with Gasteiger partial charge in [0.05, 0.1) is 0 Å². The minimum atomic E-state index is -2.46. The lowest BCUT2D eigenvalue weighted by Gasteiger charge is -2.28. The van der Waals surface area contributed by atoms with Crippen LogP contribution in [-0.4, -0.2) is 28.6 Å². The van der Waals surface area contributed by atoms with E-state index >= 15 is 0 Å². The van der Waals surface area contributed by atoms with Crippen LogP contribution >= 0.6 is 0 Å². The van der Waals surface area contributed by atoms with Gasteiger partial charge in [0.25, 0.3) is 0 Å². The van der Waals surface area contributed by atoms with Gasteiger partial charge in [-0.15, -0.1) is 6.58 Å². The Morgan fingerprint density at radius 2 is 1.53 bits per heavy atom. The van der Waals surface area contributed by atoms with Gasteiger partial charge in [-0.2, -0.15) is 0 Å². The van der Waals surface area contributed by atoms with Gasteiger partial charge < -0.3 is 13.3 Å². The van der Waals surface area contributed by atoms with Gasteiger partial charge in [0.2, 0.25) is 0 Å². The Hall–Kier alpha value is -0.163. The first-order valence-electron chi connectivity index (χ1n) is 5.77. The second-order valence-corrected chi connectivity index (χ2v) is 5.95.